The third-order valence-corrected chi connectivity index (χ3v) is 5.96. The summed E-state index contributed by atoms with van der Waals surface area (Å²) >= 11 is 1.98. The van der Waals surface area contributed by atoms with Crippen molar-refractivity contribution in [1.29, 1.82) is 0 Å². The lowest BCUT2D eigenvalue weighted by atomic mass is 9.86. The minimum absolute atomic E-state index is 0.485. The molecule has 1 heterocycles. The van der Waals surface area contributed by atoms with Crippen LogP contribution in [0.25, 0.3) is 0 Å². The molecule has 0 saturated heterocycles. The fourth-order valence-corrected chi connectivity index (χ4v) is 4.52. The first-order valence-corrected chi connectivity index (χ1v) is 9.78. The maximum Gasteiger partial charge on any atom is 0.119 e. The quantitative estimate of drug-likeness (QED) is 0.829. The van der Waals surface area contributed by atoms with Crippen molar-refractivity contribution in [2.24, 2.45) is 0 Å². The Hall–Kier alpha value is -1.19. The monoisotopic (exact) mass is 329 g/mol. The van der Waals surface area contributed by atoms with Crippen LogP contribution in [0.4, 0.5) is 0 Å². The van der Waals surface area contributed by atoms with Gasteiger partial charge in [-0.1, -0.05) is 37.3 Å². The fourth-order valence-electron chi connectivity index (χ4n) is 3.69. The number of benzene rings is 1. The predicted molar refractivity (Wildman–Crippen MR) is 100 cm³/mol. The fraction of sp³-hybridized carbons (Fsp3) is 0.500. The molecule has 1 aliphatic heterocycles. The summed E-state index contributed by atoms with van der Waals surface area (Å²) in [6, 6.07) is 6.61. The summed E-state index contributed by atoms with van der Waals surface area (Å²) in [7, 11) is 0. The van der Waals surface area contributed by atoms with Crippen molar-refractivity contribution in [3.05, 3.63) is 52.5 Å². The minimum Gasteiger partial charge on any atom is -0.508 e. The van der Waals surface area contributed by atoms with Crippen molar-refractivity contribution in [3.8, 4) is 5.75 Å². The van der Waals surface area contributed by atoms with Gasteiger partial charge in [0.1, 0.15) is 5.75 Å². The van der Waals surface area contributed by atoms with Gasteiger partial charge in [0.25, 0.3) is 0 Å². The van der Waals surface area contributed by atoms with Crippen LogP contribution in [0, 0.1) is 0 Å². The molecule has 124 valence electrons. The summed E-state index contributed by atoms with van der Waals surface area (Å²) in [6.45, 7) is 4.60. The molecule has 0 saturated carbocycles. The van der Waals surface area contributed by atoms with Crippen LogP contribution in [-0.2, 0) is 12.8 Å². The second kappa shape index (κ2) is 8.07. The Morgan fingerprint density at radius 3 is 3.00 bits per heavy atom. The molecule has 0 bridgehead atoms. The van der Waals surface area contributed by atoms with E-state index in [4.69, 9.17) is 0 Å². The summed E-state index contributed by atoms with van der Waals surface area (Å²) < 4.78 is 0. The Morgan fingerprint density at radius 1 is 1.30 bits per heavy atom. The maximum atomic E-state index is 10.0. The van der Waals surface area contributed by atoms with E-state index < -0.39 is 0 Å². The van der Waals surface area contributed by atoms with Crippen LogP contribution in [0.5, 0.6) is 5.75 Å². The van der Waals surface area contributed by atoms with Gasteiger partial charge in [-0.25, -0.2) is 0 Å². The highest BCUT2D eigenvalue weighted by molar-refractivity contribution is 8.03. The standard InChI is InChI=1S/C20H27NOS/c1-2-12-21(13-11-18-7-3-4-14-23-18)17-9-10-19-16(15-17)6-5-8-20(19)22/h3-8,17,22H,2,9-15H2,1H3. The highest BCUT2D eigenvalue weighted by atomic mass is 32.2. The Labute approximate surface area is 144 Å². The molecular weight excluding hydrogens is 302 g/mol. The van der Waals surface area contributed by atoms with E-state index in [2.05, 4.69) is 36.1 Å². The van der Waals surface area contributed by atoms with E-state index >= 15 is 0 Å². The SMILES string of the molecule is CCCN(CCC1=CC=CCS1)C1CCc2c(O)cccc2C1. The molecule has 1 N–H and O–H groups in total. The van der Waals surface area contributed by atoms with E-state index in [-0.39, 0.29) is 0 Å². The number of aromatic hydroxyl groups is 1. The first-order chi connectivity index (χ1) is 11.3. The Kier molecular flexibility index (Phi) is 5.85. The summed E-state index contributed by atoms with van der Waals surface area (Å²) in [4.78, 5) is 4.19. The van der Waals surface area contributed by atoms with Gasteiger partial charge in [0, 0.05) is 18.3 Å². The second-order valence-electron chi connectivity index (χ2n) is 6.47. The van der Waals surface area contributed by atoms with E-state index in [0.29, 0.717) is 11.8 Å². The molecule has 1 aromatic rings. The van der Waals surface area contributed by atoms with Crippen LogP contribution in [0.15, 0.2) is 41.3 Å². The van der Waals surface area contributed by atoms with Crippen LogP contribution >= 0.6 is 11.8 Å². The Bertz CT molecular complexity index is 593. The molecule has 1 atom stereocenters. The lowest BCUT2D eigenvalue weighted by molar-refractivity contribution is 0.182. The van der Waals surface area contributed by atoms with E-state index in [9.17, 15) is 5.11 Å². The predicted octanol–water partition coefficient (Wildman–Crippen LogP) is 4.54. The molecule has 3 heteroatoms. The lowest BCUT2D eigenvalue weighted by Crippen LogP contribution is -2.40. The molecule has 0 fully saturated rings. The molecule has 1 unspecified atom stereocenters. The van der Waals surface area contributed by atoms with Gasteiger partial charge in [0.05, 0.1) is 0 Å². The van der Waals surface area contributed by atoms with Gasteiger partial charge < -0.3 is 5.11 Å². The van der Waals surface area contributed by atoms with Gasteiger partial charge >= 0.3 is 0 Å². The summed E-state index contributed by atoms with van der Waals surface area (Å²) in [5.74, 6) is 1.61. The molecule has 0 spiro atoms. The molecular formula is C20H27NOS. The second-order valence-corrected chi connectivity index (χ2v) is 7.62. The van der Waals surface area contributed by atoms with Crippen LogP contribution < -0.4 is 0 Å². The van der Waals surface area contributed by atoms with Crippen molar-refractivity contribution in [3.63, 3.8) is 0 Å². The van der Waals surface area contributed by atoms with Gasteiger partial charge in [0.15, 0.2) is 0 Å². The third kappa shape index (κ3) is 4.21. The van der Waals surface area contributed by atoms with Gasteiger partial charge in [-0.15, -0.1) is 11.8 Å². The minimum atomic E-state index is 0.485. The highest BCUT2D eigenvalue weighted by Crippen LogP contribution is 2.31. The van der Waals surface area contributed by atoms with Gasteiger partial charge in [-0.2, -0.15) is 0 Å². The van der Waals surface area contributed by atoms with Crippen molar-refractivity contribution in [2.75, 3.05) is 18.8 Å². The molecule has 2 nitrogen and oxygen atoms in total. The zero-order chi connectivity index (χ0) is 16.1. The van der Waals surface area contributed by atoms with Crippen molar-refractivity contribution < 1.29 is 5.11 Å². The van der Waals surface area contributed by atoms with Crippen LogP contribution in [0.1, 0.15) is 37.3 Å². The van der Waals surface area contributed by atoms with E-state index in [1.165, 1.54) is 35.4 Å². The molecule has 23 heavy (non-hydrogen) atoms. The smallest absolute Gasteiger partial charge is 0.119 e. The first-order valence-electron chi connectivity index (χ1n) is 8.80. The van der Waals surface area contributed by atoms with Gasteiger partial charge in [-0.3, -0.25) is 4.90 Å². The number of hydrogen-bond donors (Lipinski definition) is 1. The number of thioether (sulfide) groups is 1. The average Bonchev–Trinajstić information content (AvgIpc) is 2.59. The van der Waals surface area contributed by atoms with Crippen molar-refractivity contribution >= 4 is 11.8 Å². The molecule has 2 aliphatic rings. The molecule has 3 rings (SSSR count). The van der Waals surface area contributed by atoms with E-state index in [1.807, 2.05) is 23.9 Å². The Balaban J connectivity index is 1.64. The number of phenolic OH excluding ortho intramolecular Hbond substituents is 1. The van der Waals surface area contributed by atoms with E-state index in [0.717, 1.165) is 31.6 Å². The number of nitrogens with zero attached hydrogens (tertiary/aromatic N) is 1. The van der Waals surface area contributed by atoms with E-state index in [1.54, 1.807) is 0 Å². The molecule has 0 amide bonds. The zero-order valence-corrected chi connectivity index (χ0v) is 14.8. The summed E-state index contributed by atoms with van der Waals surface area (Å²) in [5.41, 5.74) is 2.52. The van der Waals surface area contributed by atoms with Gasteiger partial charge in [-0.05, 0) is 60.7 Å². The van der Waals surface area contributed by atoms with Crippen molar-refractivity contribution in [2.45, 2.75) is 45.1 Å². The average molecular weight is 330 g/mol. The largest absolute Gasteiger partial charge is 0.508 e. The summed E-state index contributed by atoms with van der Waals surface area (Å²) in [6.07, 6.45) is 12.3. The highest BCUT2D eigenvalue weighted by Gasteiger charge is 2.25. The Morgan fingerprint density at radius 2 is 2.22 bits per heavy atom. The van der Waals surface area contributed by atoms with Crippen LogP contribution in [0.2, 0.25) is 0 Å². The third-order valence-electron chi connectivity index (χ3n) is 4.89. The normalized spacial score (nSPS) is 20.4. The maximum absolute atomic E-state index is 10.0. The molecule has 1 aliphatic carbocycles. The van der Waals surface area contributed by atoms with Crippen molar-refractivity contribution in [1.82, 2.24) is 4.90 Å². The van der Waals surface area contributed by atoms with Crippen LogP contribution in [-0.4, -0.2) is 34.9 Å². The number of hydrogen-bond acceptors (Lipinski definition) is 3. The first kappa shape index (κ1) is 16.7. The van der Waals surface area contributed by atoms with Gasteiger partial charge in [0.2, 0.25) is 0 Å². The molecule has 1 aromatic carbocycles. The number of rotatable bonds is 6. The number of phenols is 1. The number of fused-ring (bicyclic) bond motifs is 1. The molecule has 0 aromatic heterocycles. The summed E-state index contributed by atoms with van der Waals surface area (Å²) in [5, 5.41) is 10.0. The topological polar surface area (TPSA) is 23.5 Å². The zero-order valence-electron chi connectivity index (χ0n) is 14.0. The number of allylic oxidation sites excluding steroid dienone is 2. The lowest BCUT2D eigenvalue weighted by Gasteiger charge is -2.35. The van der Waals surface area contributed by atoms with Crippen LogP contribution in [0.3, 0.4) is 0 Å². The molecule has 0 radical (unpaired) electrons.